The Bertz CT molecular complexity index is 903. The Hall–Kier alpha value is -2.59. The summed E-state index contributed by atoms with van der Waals surface area (Å²) in [5, 5.41) is 0. The minimum absolute atomic E-state index is 0.148. The quantitative estimate of drug-likeness (QED) is 0.718. The van der Waals surface area contributed by atoms with Gasteiger partial charge in [0.15, 0.2) is 0 Å². The van der Waals surface area contributed by atoms with Crippen LogP contribution in [0.5, 0.6) is 5.75 Å². The second kappa shape index (κ2) is 9.07. The van der Waals surface area contributed by atoms with Gasteiger partial charge >= 0.3 is 6.36 Å². The van der Waals surface area contributed by atoms with Crippen LogP contribution in [0.25, 0.3) is 0 Å². The number of hydrogen-bond donors (Lipinski definition) is 1. The van der Waals surface area contributed by atoms with E-state index in [-0.39, 0.29) is 18.9 Å². The molecule has 0 saturated carbocycles. The van der Waals surface area contributed by atoms with Crippen molar-refractivity contribution in [2.45, 2.75) is 24.2 Å². The minimum Gasteiger partial charge on any atom is -0.404 e. The highest BCUT2D eigenvalue weighted by Gasteiger charge is 2.33. The lowest BCUT2D eigenvalue weighted by atomic mass is 10.2. The van der Waals surface area contributed by atoms with Crippen molar-refractivity contribution in [1.29, 1.82) is 0 Å². The summed E-state index contributed by atoms with van der Waals surface area (Å²) in [6.45, 7) is 0.0926. The van der Waals surface area contributed by atoms with Gasteiger partial charge in [-0.2, -0.15) is 0 Å². The molecule has 28 heavy (non-hydrogen) atoms. The molecule has 1 N–H and O–H groups in total. The summed E-state index contributed by atoms with van der Waals surface area (Å²) in [6, 6.07) is 13.6. The molecule has 2 aromatic rings. The number of nitrogens with one attached hydrogen (secondary N) is 1. The number of sulfonamides is 1. The lowest BCUT2D eigenvalue weighted by Gasteiger charge is -2.18. The number of carbonyl (C=O) groups is 1. The average molecular weight is 416 g/mol. The van der Waals surface area contributed by atoms with Crippen LogP contribution in [0.4, 0.5) is 13.2 Å². The molecule has 0 aliphatic carbocycles. The Balaban J connectivity index is 1.96. The molecule has 2 aromatic carbocycles. The van der Waals surface area contributed by atoms with Gasteiger partial charge in [0.25, 0.3) is 0 Å². The van der Waals surface area contributed by atoms with Crippen LogP contribution in [0.2, 0.25) is 0 Å². The lowest BCUT2D eigenvalue weighted by molar-refractivity contribution is -0.275. The third-order valence-corrected chi connectivity index (χ3v) is 5.18. The third-order valence-electron chi connectivity index (χ3n) is 3.68. The van der Waals surface area contributed by atoms with Crippen molar-refractivity contribution in [3.63, 3.8) is 0 Å². The van der Waals surface area contributed by atoms with E-state index >= 15 is 0 Å². The highest BCUT2D eigenvalue weighted by atomic mass is 32.2. The number of amides is 1. The van der Waals surface area contributed by atoms with Gasteiger partial charge < -0.3 is 9.64 Å². The highest BCUT2D eigenvalue weighted by Crippen LogP contribution is 2.29. The number of para-hydroxylation sites is 1. The number of alkyl halides is 3. The topological polar surface area (TPSA) is 75.7 Å². The summed E-state index contributed by atoms with van der Waals surface area (Å²) in [7, 11) is -2.71. The SMILES string of the molecule is CN(Cc1ccccc1)C(=O)CCNS(=O)(=O)c1ccccc1OC(F)(F)F. The van der Waals surface area contributed by atoms with Gasteiger partial charge in [0.2, 0.25) is 15.9 Å². The second-order valence-corrected chi connectivity index (χ2v) is 7.61. The van der Waals surface area contributed by atoms with Crippen molar-refractivity contribution in [3.8, 4) is 5.75 Å². The molecule has 6 nitrogen and oxygen atoms in total. The monoisotopic (exact) mass is 416 g/mol. The number of benzene rings is 2. The maximum absolute atomic E-state index is 12.4. The lowest BCUT2D eigenvalue weighted by Crippen LogP contribution is -2.32. The fourth-order valence-corrected chi connectivity index (χ4v) is 3.55. The van der Waals surface area contributed by atoms with E-state index in [1.165, 1.54) is 17.0 Å². The van der Waals surface area contributed by atoms with Crippen LogP contribution < -0.4 is 9.46 Å². The molecule has 152 valence electrons. The normalized spacial score (nSPS) is 11.9. The number of ether oxygens (including phenoxy) is 1. The first-order valence-electron chi connectivity index (χ1n) is 8.21. The Morgan fingerprint density at radius 2 is 1.68 bits per heavy atom. The first-order chi connectivity index (χ1) is 13.1. The summed E-state index contributed by atoms with van der Waals surface area (Å²) >= 11 is 0. The van der Waals surface area contributed by atoms with Gasteiger partial charge in [-0.3, -0.25) is 4.79 Å². The zero-order valence-electron chi connectivity index (χ0n) is 14.9. The minimum atomic E-state index is -5.03. The summed E-state index contributed by atoms with van der Waals surface area (Å²) in [4.78, 5) is 12.9. The molecule has 0 atom stereocenters. The van der Waals surface area contributed by atoms with E-state index in [1.54, 1.807) is 7.05 Å². The van der Waals surface area contributed by atoms with Crippen molar-refractivity contribution >= 4 is 15.9 Å². The number of hydrogen-bond acceptors (Lipinski definition) is 4. The highest BCUT2D eigenvalue weighted by molar-refractivity contribution is 7.89. The smallest absolute Gasteiger partial charge is 0.404 e. The maximum atomic E-state index is 12.4. The molecule has 0 saturated heterocycles. The summed E-state index contributed by atoms with van der Waals surface area (Å²) in [6.07, 6.45) is -5.17. The van der Waals surface area contributed by atoms with Crippen molar-refractivity contribution in [2.75, 3.05) is 13.6 Å². The summed E-state index contributed by atoms with van der Waals surface area (Å²) < 4.78 is 67.8. The van der Waals surface area contributed by atoms with Gasteiger partial charge in [0, 0.05) is 26.6 Å². The molecule has 0 spiro atoms. The van der Waals surface area contributed by atoms with Crippen molar-refractivity contribution in [2.24, 2.45) is 0 Å². The Morgan fingerprint density at radius 1 is 1.07 bits per heavy atom. The fraction of sp³-hybridized carbons (Fsp3) is 0.278. The predicted octanol–water partition coefficient (Wildman–Crippen LogP) is 2.91. The molecular formula is C18H19F3N2O4S. The van der Waals surface area contributed by atoms with E-state index in [1.807, 2.05) is 30.3 Å². The van der Waals surface area contributed by atoms with Crippen molar-refractivity contribution in [3.05, 3.63) is 60.2 Å². The Kier molecular flexibility index (Phi) is 7.03. The van der Waals surface area contributed by atoms with E-state index in [0.29, 0.717) is 6.54 Å². The van der Waals surface area contributed by atoms with E-state index in [9.17, 15) is 26.4 Å². The molecule has 0 heterocycles. The van der Waals surface area contributed by atoms with E-state index < -0.39 is 27.0 Å². The molecule has 1 amide bonds. The van der Waals surface area contributed by atoms with Gasteiger partial charge in [-0.05, 0) is 17.7 Å². The van der Waals surface area contributed by atoms with Gasteiger partial charge in [-0.15, -0.1) is 13.2 Å². The van der Waals surface area contributed by atoms with Crippen LogP contribution in [0.15, 0.2) is 59.5 Å². The number of halogens is 3. The third kappa shape index (κ3) is 6.54. The largest absolute Gasteiger partial charge is 0.573 e. The molecular weight excluding hydrogens is 397 g/mol. The maximum Gasteiger partial charge on any atom is 0.573 e. The van der Waals surface area contributed by atoms with Crippen LogP contribution >= 0.6 is 0 Å². The number of carbonyl (C=O) groups excluding carboxylic acids is 1. The first-order valence-corrected chi connectivity index (χ1v) is 9.69. The predicted molar refractivity (Wildman–Crippen MR) is 95.8 cm³/mol. The number of rotatable bonds is 8. The van der Waals surface area contributed by atoms with E-state index in [0.717, 1.165) is 17.7 Å². The van der Waals surface area contributed by atoms with Crippen LogP contribution in [-0.2, 0) is 21.4 Å². The van der Waals surface area contributed by atoms with Crippen LogP contribution in [0.1, 0.15) is 12.0 Å². The molecule has 0 aromatic heterocycles. The summed E-state index contributed by atoms with van der Waals surface area (Å²) in [5.41, 5.74) is 0.914. The van der Waals surface area contributed by atoms with E-state index in [2.05, 4.69) is 9.46 Å². The molecule has 0 bridgehead atoms. The second-order valence-electron chi connectivity index (χ2n) is 5.88. The van der Waals surface area contributed by atoms with E-state index in [4.69, 9.17) is 0 Å². The van der Waals surface area contributed by atoms with Gasteiger partial charge in [0.1, 0.15) is 10.6 Å². The van der Waals surface area contributed by atoms with Crippen LogP contribution in [-0.4, -0.2) is 39.2 Å². The van der Waals surface area contributed by atoms with Gasteiger partial charge in [-0.25, -0.2) is 13.1 Å². The molecule has 0 unspecified atom stereocenters. The average Bonchev–Trinajstić information content (AvgIpc) is 2.61. The zero-order valence-corrected chi connectivity index (χ0v) is 15.8. The first kappa shape index (κ1) is 21.7. The molecule has 0 fully saturated rings. The Morgan fingerprint density at radius 3 is 2.32 bits per heavy atom. The van der Waals surface area contributed by atoms with Crippen molar-refractivity contribution < 1.29 is 31.1 Å². The summed E-state index contributed by atoms with van der Waals surface area (Å²) in [5.74, 6) is -1.15. The molecule has 2 rings (SSSR count). The zero-order chi connectivity index (χ0) is 20.8. The standard InChI is InChI=1S/C18H19F3N2O4S/c1-23(13-14-7-3-2-4-8-14)17(24)11-12-22-28(25,26)16-10-6-5-9-15(16)27-18(19,20)21/h2-10,22H,11-13H2,1H3. The number of nitrogens with zero attached hydrogens (tertiary/aromatic N) is 1. The fourth-order valence-electron chi connectivity index (χ4n) is 2.39. The molecule has 0 aliphatic rings. The van der Waals surface area contributed by atoms with Crippen molar-refractivity contribution in [1.82, 2.24) is 9.62 Å². The van der Waals surface area contributed by atoms with Gasteiger partial charge in [0.05, 0.1) is 0 Å². The van der Waals surface area contributed by atoms with Gasteiger partial charge in [-0.1, -0.05) is 42.5 Å². The Labute approximate surface area is 161 Å². The van der Waals surface area contributed by atoms with Crippen LogP contribution in [0.3, 0.4) is 0 Å². The molecule has 10 heteroatoms. The molecule has 0 radical (unpaired) electrons. The molecule has 0 aliphatic heterocycles. The van der Waals surface area contributed by atoms with Crippen LogP contribution in [0, 0.1) is 0 Å².